The molecule has 154 valence electrons. The van der Waals surface area contributed by atoms with E-state index in [-0.39, 0.29) is 12.2 Å². The lowest BCUT2D eigenvalue weighted by atomic mass is 10.2. The molecule has 2 aromatic rings. The van der Waals surface area contributed by atoms with Gasteiger partial charge in [-0.25, -0.2) is 9.59 Å². The Morgan fingerprint density at radius 3 is 2.03 bits per heavy atom. The molecule has 0 fully saturated rings. The summed E-state index contributed by atoms with van der Waals surface area (Å²) in [4.78, 5) is 35.9. The van der Waals surface area contributed by atoms with E-state index in [1.807, 2.05) is 6.92 Å². The lowest BCUT2D eigenvalue weighted by molar-refractivity contribution is -0.123. The number of benzene rings is 2. The number of rotatable bonds is 8. The fourth-order valence-corrected chi connectivity index (χ4v) is 2.30. The standard InChI is InChI=1S/C21H24N2O6/c1-4-27-18-12-10-16(11-13-18)22-19(24)14(3)29-20(25)15-6-8-17(9-7-15)23-21(26)28-5-2/h6-14H,4-5H2,1-3H3,(H,22,24)(H,23,26). The first kappa shape index (κ1) is 21.7. The van der Waals surface area contributed by atoms with Gasteiger partial charge < -0.3 is 19.5 Å². The molecule has 1 unspecified atom stereocenters. The summed E-state index contributed by atoms with van der Waals surface area (Å²) >= 11 is 0. The van der Waals surface area contributed by atoms with Crippen LogP contribution in [0.4, 0.5) is 16.2 Å². The Balaban J connectivity index is 1.88. The summed E-state index contributed by atoms with van der Waals surface area (Å²) in [7, 11) is 0. The normalized spacial score (nSPS) is 11.1. The fourth-order valence-electron chi connectivity index (χ4n) is 2.30. The van der Waals surface area contributed by atoms with Crippen molar-refractivity contribution in [2.24, 2.45) is 0 Å². The van der Waals surface area contributed by atoms with E-state index in [2.05, 4.69) is 10.6 Å². The third-order valence-electron chi connectivity index (χ3n) is 3.73. The number of ether oxygens (including phenoxy) is 3. The number of hydrogen-bond donors (Lipinski definition) is 2. The molecule has 8 heteroatoms. The number of carbonyl (C=O) groups is 3. The second-order valence-electron chi connectivity index (χ2n) is 5.92. The van der Waals surface area contributed by atoms with Gasteiger partial charge in [0.25, 0.3) is 5.91 Å². The number of esters is 1. The molecule has 0 aromatic heterocycles. The summed E-state index contributed by atoms with van der Waals surface area (Å²) in [5.41, 5.74) is 1.29. The molecule has 0 heterocycles. The van der Waals surface area contributed by atoms with Crippen LogP contribution in [-0.2, 0) is 14.3 Å². The van der Waals surface area contributed by atoms with Gasteiger partial charge in [0.2, 0.25) is 0 Å². The minimum absolute atomic E-state index is 0.250. The molecular weight excluding hydrogens is 376 g/mol. The van der Waals surface area contributed by atoms with Crippen LogP contribution in [-0.4, -0.2) is 37.3 Å². The number of anilines is 2. The first-order valence-electron chi connectivity index (χ1n) is 9.21. The third kappa shape index (κ3) is 6.84. The highest BCUT2D eigenvalue weighted by Gasteiger charge is 2.19. The Labute approximate surface area is 169 Å². The van der Waals surface area contributed by atoms with Crippen LogP contribution in [0.2, 0.25) is 0 Å². The molecule has 0 aliphatic heterocycles. The van der Waals surface area contributed by atoms with Gasteiger partial charge >= 0.3 is 12.1 Å². The monoisotopic (exact) mass is 400 g/mol. The summed E-state index contributed by atoms with van der Waals surface area (Å²) in [6.45, 7) is 5.88. The fraction of sp³-hybridized carbons (Fsp3) is 0.286. The van der Waals surface area contributed by atoms with Crippen molar-refractivity contribution in [3.8, 4) is 5.75 Å². The average Bonchev–Trinajstić information content (AvgIpc) is 2.70. The Bertz CT molecular complexity index is 833. The van der Waals surface area contributed by atoms with Crippen LogP contribution in [0.3, 0.4) is 0 Å². The van der Waals surface area contributed by atoms with Gasteiger partial charge in [0.1, 0.15) is 5.75 Å². The first-order chi connectivity index (χ1) is 13.9. The molecule has 0 spiro atoms. The zero-order valence-electron chi connectivity index (χ0n) is 16.6. The predicted molar refractivity (Wildman–Crippen MR) is 108 cm³/mol. The highest BCUT2D eigenvalue weighted by molar-refractivity contribution is 5.97. The van der Waals surface area contributed by atoms with Gasteiger partial charge in [-0.2, -0.15) is 0 Å². The largest absolute Gasteiger partial charge is 0.494 e. The molecule has 2 N–H and O–H groups in total. The molecule has 29 heavy (non-hydrogen) atoms. The van der Waals surface area contributed by atoms with Gasteiger partial charge in [0, 0.05) is 11.4 Å². The molecule has 2 aromatic carbocycles. The van der Waals surface area contributed by atoms with Crippen molar-refractivity contribution in [1.29, 1.82) is 0 Å². The molecule has 0 aliphatic carbocycles. The van der Waals surface area contributed by atoms with Crippen LogP contribution in [0.15, 0.2) is 48.5 Å². The van der Waals surface area contributed by atoms with Gasteiger partial charge in [-0.05, 0) is 69.3 Å². The van der Waals surface area contributed by atoms with Crippen molar-refractivity contribution in [2.75, 3.05) is 23.8 Å². The van der Waals surface area contributed by atoms with E-state index in [0.29, 0.717) is 23.7 Å². The minimum Gasteiger partial charge on any atom is -0.494 e. The van der Waals surface area contributed by atoms with E-state index < -0.39 is 24.1 Å². The average molecular weight is 400 g/mol. The molecule has 0 radical (unpaired) electrons. The van der Waals surface area contributed by atoms with E-state index >= 15 is 0 Å². The van der Waals surface area contributed by atoms with Crippen LogP contribution < -0.4 is 15.4 Å². The molecule has 2 rings (SSSR count). The molecule has 0 bridgehead atoms. The van der Waals surface area contributed by atoms with Crippen LogP contribution in [0.25, 0.3) is 0 Å². The lowest BCUT2D eigenvalue weighted by Crippen LogP contribution is -2.30. The number of amides is 2. The molecule has 1 atom stereocenters. The minimum atomic E-state index is -0.994. The topological polar surface area (TPSA) is 103 Å². The van der Waals surface area contributed by atoms with E-state index in [1.165, 1.54) is 31.2 Å². The van der Waals surface area contributed by atoms with E-state index in [0.717, 1.165) is 0 Å². The quantitative estimate of drug-likeness (QED) is 0.653. The van der Waals surface area contributed by atoms with Gasteiger partial charge in [0.15, 0.2) is 6.10 Å². The smallest absolute Gasteiger partial charge is 0.411 e. The maximum atomic E-state index is 12.2. The summed E-state index contributed by atoms with van der Waals surface area (Å²) in [5.74, 6) is -0.406. The maximum Gasteiger partial charge on any atom is 0.411 e. The Morgan fingerprint density at radius 1 is 0.862 bits per heavy atom. The summed E-state index contributed by atoms with van der Waals surface area (Å²) in [5, 5.41) is 5.20. The Morgan fingerprint density at radius 2 is 1.45 bits per heavy atom. The van der Waals surface area contributed by atoms with Gasteiger partial charge in [-0.15, -0.1) is 0 Å². The van der Waals surface area contributed by atoms with Crippen LogP contribution in [0, 0.1) is 0 Å². The third-order valence-corrected chi connectivity index (χ3v) is 3.73. The van der Waals surface area contributed by atoms with E-state index in [1.54, 1.807) is 31.2 Å². The first-order valence-corrected chi connectivity index (χ1v) is 9.21. The van der Waals surface area contributed by atoms with Crippen molar-refractivity contribution in [3.05, 3.63) is 54.1 Å². The van der Waals surface area contributed by atoms with Crippen molar-refractivity contribution in [1.82, 2.24) is 0 Å². The van der Waals surface area contributed by atoms with Crippen molar-refractivity contribution < 1.29 is 28.6 Å². The van der Waals surface area contributed by atoms with E-state index in [9.17, 15) is 14.4 Å². The molecule has 0 saturated heterocycles. The Hall–Kier alpha value is -3.55. The van der Waals surface area contributed by atoms with Crippen LogP contribution in [0.5, 0.6) is 5.75 Å². The second-order valence-corrected chi connectivity index (χ2v) is 5.92. The maximum absolute atomic E-state index is 12.2. The van der Waals surface area contributed by atoms with Crippen LogP contribution >= 0.6 is 0 Å². The summed E-state index contributed by atoms with van der Waals surface area (Å²) in [6, 6.07) is 12.9. The number of nitrogens with one attached hydrogen (secondary N) is 2. The molecule has 0 saturated carbocycles. The highest BCUT2D eigenvalue weighted by Crippen LogP contribution is 2.16. The molecule has 2 amide bonds. The van der Waals surface area contributed by atoms with Crippen molar-refractivity contribution in [3.63, 3.8) is 0 Å². The molecule has 0 aliphatic rings. The van der Waals surface area contributed by atoms with Gasteiger partial charge in [-0.1, -0.05) is 0 Å². The second kappa shape index (κ2) is 10.7. The molecular formula is C21H24N2O6. The van der Waals surface area contributed by atoms with Crippen molar-refractivity contribution >= 4 is 29.3 Å². The van der Waals surface area contributed by atoms with Crippen LogP contribution in [0.1, 0.15) is 31.1 Å². The SMILES string of the molecule is CCOC(=O)Nc1ccc(C(=O)OC(C)C(=O)Nc2ccc(OCC)cc2)cc1. The number of hydrogen-bond acceptors (Lipinski definition) is 6. The summed E-state index contributed by atoms with van der Waals surface area (Å²) in [6.07, 6.45) is -1.58. The Kier molecular flexibility index (Phi) is 8.02. The zero-order valence-corrected chi connectivity index (χ0v) is 16.6. The van der Waals surface area contributed by atoms with Gasteiger partial charge in [0.05, 0.1) is 18.8 Å². The highest BCUT2D eigenvalue weighted by atomic mass is 16.6. The van der Waals surface area contributed by atoms with E-state index in [4.69, 9.17) is 14.2 Å². The predicted octanol–water partition coefficient (Wildman–Crippen LogP) is 3.84. The lowest BCUT2D eigenvalue weighted by Gasteiger charge is -2.14. The van der Waals surface area contributed by atoms with Crippen molar-refractivity contribution in [2.45, 2.75) is 26.9 Å². The molecule has 8 nitrogen and oxygen atoms in total. The van der Waals surface area contributed by atoms with Gasteiger partial charge in [-0.3, -0.25) is 10.1 Å². The number of carbonyl (C=O) groups excluding carboxylic acids is 3. The summed E-state index contributed by atoms with van der Waals surface area (Å²) < 4.78 is 15.3. The zero-order chi connectivity index (χ0) is 21.2.